The molecular weight excluding hydrogens is 292 g/mol. The standard InChI is InChI=1S/C14H16N2O4S/c1-21-8-13-15-9-6-11-12(20-5-4-19-11)7-10(9)16(13)3-2-14(17)18/h6-7H,2-5,8H2,1H3,(H,17,18). The highest BCUT2D eigenvalue weighted by molar-refractivity contribution is 7.97. The van der Waals surface area contributed by atoms with Gasteiger partial charge in [-0.1, -0.05) is 0 Å². The van der Waals surface area contributed by atoms with Crippen LogP contribution >= 0.6 is 11.8 Å². The van der Waals surface area contributed by atoms with Crippen LogP contribution in [0.4, 0.5) is 0 Å². The van der Waals surface area contributed by atoms with Gasteiger partial charge >= 0.3 is 5.97 Å². The number of hydrogen-bond donors (Lipinski definition) is 1. The molecule has 1 aliphatic heterocycles. The Bertz CT molecular complexity index is 683. The van der Waals surface area contributed by atoms with Gasteiger partial charge in [-0.2, -0.15) is 11.8 Å². The zero-order chi connectivity index (χ0) is 14.8. The monoisotopic (exact) mass is 308 g/mol. The highest BCUT2D eigenvalue weighted by Gasteiger charge is 2.18. The van der Waals surface area contributed by atoms with Crippen molar-refractivity contribution >= 4 is 28.8 Å². The van der Waals surface area contributed by atoms with E-state index in [9.17, 15) is 4.79 Å². The number of imidazole rings is 1. The zero-order valence-corrected chi connectivity index (χ0v) is 12.5. The number of nitrogens with zero attached hydrogens (tertiary/aromatic N) is 2. The summed E-state index contributed by atoms with van der Waals surface area (Å²) in [5.74, 6) is 2.19. The number of rotatable bonds is 5. The van der Waals surface area contributed by atoms with Crippen molar-refractivity contribution in [2.75, 3.05) is 19.5 Å². The van der Waals surface area contributed by atoms with E-state index in [4.69, 9.17) is 14.6 Å². The van der Waals surface area contributed by atoms with E-state index >= 15 is 0 Å². The van der Waals surface area contributed by atoms with Crippen LogP contribution in [0.2, 0.25) is 0 Å². The summed E-state index contributed by atoms with van der Waals surface area (Å²) < 4.78 is 13.1. The maximum absolute atomic E-state index is 10.8. The second-order valence-corrected chi connectivity index (χ2v) is 5.61. The molecule has 1 aliphatic rings. The van der Waals surface area contributed by atoms with Crippen molar-refractivity contribution in [2.24, 2.45) is 0 Å². The number of hydrogen-bond acceptors (Lipinski definition) is 5. The molecule has 0 fully saturated rings. The molecule has 7 heteroatoms. The lowest BCUT2D eigenvalue weighted by atomic mass is 10.2. The van der Waals surface area contributed by atoms with E-state index in [2.05, 4.69) is 4.98 Å². The molecule has 0 amide bonds. The summed E-state index contributed by atoms with van der Waals surface area (Å²) in [6, 6.07) is 3.76. The van der Waals surface area contributed by atoms with Crippen LogP contribution in [0, 0.1) is 0 Å². The number of aryl methyl sites for hydroxylation is 1. The molecule has 21 heavy (non-hydrogen) atoms. The fraction of sp³-hybridized carbons (Fsp3) is 0.429. The number of aromatic nitrogens is 2. The molecule has 0 aliphatic carbocycles. The summed E-state index contributed by atoms with van der Waals surface area (Å²) in [5, 5.41) is 8.91. The van der Waals surface area contributed by atoms with Gasteiger partial charge in [0.15, 0.2) is 11.5 Å². The minimum absolute atomic E-state index is 0.0707. The second kappa shape index (κ2) is 5.85. The van der Waals surface area contributed by atoms with Crippen molar-refractivity contribution in [3.63, 3.8) is 0 Å². The van der Waals surface area contributed by atoms with Gasteiger partial charge in [0.05, 0.1) is 23.2 Å². The van der Waals surface area contributed by atoms with E-state index in [0.29, 0.717) is 31.3 Å². The molecule has 3 rings (SSSR count). The van der Waals surface area contributed by atoms with Crippen LogP contribution in [0.1, 0.15) is 12.2 Å². The Morgan fingerprint density at radius 1 is 1.38 bits per heavy atom. The van der Waals surface area contributed by atoms with Crippen LogP contribution in [0.15, 0.2) is 12.1 Å². The van der Waals surface area contributed by atoms with Crippen molar-refractivity contribution < 1.29 is 19.4 Å². The number of aliphatic carboxylic acids is 1. The molecule has 2 aromatic rings. The Labute approximate surface area is 126 Å². The van der Waals surface area contributed by atoms with E-state index in [1.807, 2.05) is 23.0 Å². The predicted octanol–water partition coefficient (Wildman–Crippen LogP) is 2.15. The van der Waals surface area contributed by atoms with Crippen LogP contribution in [0.3, 0.4) is 0 Å². The molecular formula is C14H16N2O4S. The molecule has 0 radical (unpaired) electrons. The number of carboxylic acids is 1. The molecule has 0 saturated carbocycles. The number of benzene rings is 1. The van der Waals surface area contributed by atoms with Gasteiger partial charge in [-0.3, -0.25) is 4.79 Å². The third kappa shape index (κ3) is 2.78. The summed E-state index contributed by atoms with van der Waals surface area (Å²) >= 11 is 1.66. The molecule has 0 unspecified atom stereocenters. The Balaban J connectivity index is 2.07. The van der Waals surface area contributed by atoms with Crippen molar-refractivity contribution in [3.8, 4) is 11.5 Å². The topological polar surface area (TPSA) is 73.6 Å². The molecule has 112 valence electrons. The Hall–Kier alpha value is -1.89. The number of carbonyl (C=O) groups is 1. The third-order valence-electron chi connectivity index (χ3n) is 3.31. The minimum Gasteiger partial charge on any atom is -0.486 e. The Morgan fingerprint density at radius 2 is 2.10 bits per heavy atom. The average Bonchev–Trinajstić information content (AvgIpc) is 2.79. The van der Waals surface area contributed by atoms with Crippen molar-refractivity contribution in [1.29, 1.82) is 0 Å². The van der Waals surface area contributed by atoms with Crippen LogP contribution < -0.4 is 9.47 Å². The Kier molecular flexibility index (Phi) is 3.92. The molecule has 0 bridgehead atoms. The first-order valence-electron chi connectivity index (χ1n) is 6.68. The molecule has 0 spiro atoms. The largest absolute Gasteiger partial charge is 0.486 e. The van der Waals surface area contributed by atoms with Crippen LogP contribution in [0.25, 0.3) is 11.0 Å². The fourth-order valence-corrected chi connectivity index (χ4v) is 2.89. The van der Waals surface area contributed by atoms with Crippen molar-refractivity contribution in [1.82, 2.24) is 9.55 Å². The number of ether oxygens (including phenoxy) is 2. The normalized spacial score (nSPS) is 13.6. The highest BCUT2D eigenvalue weighted by Crippen LogP contribution is 2.35. The van der Waals surface area contributed by atoms with E-state index in [0.717, 1.165) is 22.6 Å². The lowest BCUT2D eigenvalue weighted by molar-refractivity contribution is -0.137. The van der Waals surface area contributed by atoms with Gasteiger partial charge < -0.3 is 19.1 Å². The van der Waals surface area contributed by atoms with E-state index in [1.54, 1.807) is 11.8 Å². The summed E-state index contributed by atoms with van der Waals surface area (Å²) in [6.45, 7) is 1.47. The van der Waals surface area contributed by atoms with Gasteiger partial charge in [0.25, 0.3) is 0 Å². The molecule has 1 N–H and O–H groups in total. The van der Waals surface area contributed by atoms with Gasteiger partial charge in [-0.25, -0.2) is 4.98 Å². The summed E-state index contributed by atoms with van der Waals surface area (Å²) in [5.41, 5.74) is 1.71. The average molecular weight is 308 g/mol. The molecule has 2 heterocycles. The first-order valence-corrected chi connectivity index (χ1v) is 8.08. The SMILES string of the molecule is CSCc1nc2cc3c(cc2n1CCC(=O)O)OCCO3. The van der Waals surface area contributed by atoms with Crippen LogP contribution in [0.5, 0.6) is 11.5 Å². The summed E-state index contributed by atoms with van der Waals surface area (Å²) in [7, 11) is 0. The molecule has 0 atom stereocenters. The molecule has 1 aromatic carbocycles. The Morgan fingerprint density at radius 3 is 2.76 bits per heavy atom. The van der Waals surface area contributed by atoms with Gasteiger partial charge in [0, 0.05) is 18.7 Å². The third-order valence-corrected chi connectivity index (χ3v) is 3.86. The highest BCUT2D eigenvalue weighted by atomic mass is 32.2. The quantitative estimate of drug-likeness (QED) is 0.912. The van der Waals surface area contributed by atoms with Gasteiger partial charge in [0.1, 0.15) is 19.0 Å². The van der Waals surface area contributed by atoms with E-state index in [1.165, 1.54) is 0 Å². The summed E-state index contributed by atoms with van der Waals surface area (Å²) in [6.07, 6.45) is 2.07. The number of fused-ring (bicyclic) bond motifs is 2. The molecule has 1 aromatic heterocycles. The van der Waals surface area contributed by atoms with Gasteiger partial charge in [-0.15, -0.1) is 0 Å². The van der Waals surface area contributed by atoms with Crippen LogP contribution in [-0.2, 0) is 17.1 Å². The van der Waals surface area contributed by atoms with Gasteiger partial charge in [-0.05, 0) is 6.26 Å². The summed E-state index contributed by atoms with van der Waals surface area (Å²) in [4.78, 5) is 15.5. The molecule has 6 nitrogen and oxygen atoms in total. The smallest absolute Gasteiger partial charge is 0.305 e. The number of carboxylic acid groups (broad SMARTS) is 1. The predicted molar refractivity (Wildman–Crippen MR) is 80.2 cm³/mol. The fourth-order valence-electron chi connectivity index (χ4n) is 2.41. The number of thioether (sulfide) groups is 1. The maximum atomic E-state index is 10.8. The van der Waals surface area contributed by atoms with Gasteiger partial charge in [0.2, 0.25) is 0 Å². The first kappa shape index (κ1) is 14.1. The molecule has 0 saturated heterocycles. The van der Waals surface area contributed by atoms with E-state index < -0.39 is 5.97 Å². The lowest BCUT2D eigenvalue weighted by Gasteiger charge is -2.18. The van der Waals surface area contributed by atoms with Crippen molar-refractivity contribution in [2.45, 2.75) is 18.7 Å². The van der Waals surface area contributed by atoms with E-state index in [-0.39, 0.29) is 6.42 Å². The zero-order valence-electron chi connectivity index (χ0n) is 11.7. The maximum Gasteiger partial charge on any atom is 0.305 e. The second-order valence-electron chi connectivity index (χ2n) is 4.74. The lowest BCUT2D eigenvalue weighted by Crippen LogP contribution is -2.15. The first-order chi connectivity index (χ1) is 10.2. The minimum atomic E-state index is -0.815. The van der Waals surface area contributed by atoms with Crippen molar-refractivity contribution in [3.05, 3.63) is 18.0 Å². The van der Waals surface area contributed by atoms with Crippen LogP contribution in [-0.4, -0.2) is 40.1 Å².